The highest BCUT2D eigenvalue weighted by Gasteiger charge is 2.17. The van der Waals surface area contributed by atoms with Gasteiger partial charge in [0.1, 0.15) is 11.3 Å². The number of aryl methyl sites for hydroxylation is 2. The number of carbonyl (C=O) groups is 1. The number of nitrogens with one attached hydrogen (secondary N) is 2. The van der Waals surface area contributed by atoms with Crippen molar-refractivity contribution in [2.45, 2.75) is 20.3 Å². The van der Waals surface area contributed by atoms with Gasteiger partial charge in [-0.25, -0.2) is 4.98 Å². The first-order chi connectivity index (χ1) is 12.1. The normalized spacial score (nSPS) is 11.3. The zero-order valence-corrected chi connectivity index (χ0v) is 14.3. The molecule has 1 aromatic carbocycles. The van der Waals surface area contributed by atoms with Crippen LogP contribution in [0.2, 0.25) is 0 Å². The van der Waals surface area contributed by atoms with Crippen LogP contribution in [-0.2, 0) is 6.42 Å². The van der Waals surface area contributed by atoms with Crippen LogP contribution >= 0.6 is 0 Å². The molecule has 0 aliphatic rings. The smallest absolute Gasteiger partial charge is 0.270 e. The third-order valence-electron chi connectivity index (χ3n) is 4.59. The van der Waals surface area contributed by atoms with E-state index in [1.807, 2.05) is 54.9 Å². The SMILES string of the molecule is Cc1nc2c(C)cccn2c1C(=O)NCCc1c[nH]c2ccccc12. The molecule has 0 unspecified atom stereocenters. The zero-order chi connectivity index (χ0) is 17.4. The van der Waals surface area contributed by atoms with Crippen LogP contribution in [0.3, 0.4) is 0 Å². The Labute approximate surface area is 145 Å². The molecule has 0 aliphatic carbocycles. The first-order valence-corrected chi connectivity index (χ1v) is 8.42. The van der Waals surface area contributed by atoms with Crippen molar-refractivity contribution in [1.82, 2.24) is 19.7 Å². The molecule has 1 amide bonds. The maximum Gasteiger partial charge on any atom is 0.270 e. The van der Waals surface area contributed by atoms with Gasteiger partial charge >= 0.3 is 0 Å². The fourth-order valence-electron chi connectivity index (χ4n) is 3.32. The minimum absolute atomic E-state index is 0.0876. The highest BCUT2D eigenvalue weighted by Crippen LogP contribution is 2.18. The third kappa shape index (κ3) is 2.67. The second-order valence-electron chi connectivity index (χ2n) is 6.30. The van der Waals surface area contributed by atoms with Crippen LogP contribution in [0.4, 0.5) is 0 Å². The number of para-hydroxylation sites is 1. The number of benzene rings is 1. The van der Waals surface area contributed by atoms with Crippen LogP contribution in [-0.4, -0.2) is 26.8 Å². The van der Waals surface area contributed by atoms with Crippen molar-refractivity contribution in [2.24, 2.45) is 0 Å². The van der Waals surface area contributed by atoms with E-state index in [9.17, 15) is 4.79 Å². The molecule has 0 fully saturated rings. The summed E-state index contributed by atoms with van der Waals surface area (Å²) in [5.74, 6) is -0.0876. The van der Waals surface area contributed by atoms with Gasteiger partial charge in [-0.05, 0) is 43.5 Å². The molecule has 0 spiro atoms. The maximum atomic E-state index is 12.7. The van der Waals surface area contributed by atoms with Gasteiger partial charge in [0.2, 0.25) is 0 Å². The number of amides is 1. The number of rotatable bonds is 4. The zero-order valence-electron chi connectivity index (χ0n) is 14.3. The molecule has 3 aromatic heterocycles. The van der Waals surface area contributed by atoms with Crippen molar-refractivity contribution in [3.8, 4) is 0 Å². The minimum atomic E-state index is -0.0876. The molecule has 0 radical (unpaired) electrons. The Balaban J connectivity index is 1.51. The summed E-state index contributed by atoms with van der Waals surface area (Å²) >= 11 is 0. The number of imidazole rings is 1. The maximum absolute atomic E-state index is 12.7. The number of hydrogen-bond donors (Lipinski definition) is 2. The molecule has 126 valence electrons. The van der Waals surface area contributed by atoms with E-state index >= 15 is 0 Å². The molecule has 25 heavy (non-hydrogen) atoms. The molecular weight excluding hydrogens is 312 g/mol. The Kier molecular flexibility index (Phi) is 3.76. The van der Waals surface area contributed by atoms with Crippen LogP contribution in [0.1, 0.15) is 27.3 Å². The van der Waals surface area contributed by atoms with E-state index < -0.39 is 0 Å². The first-order valence-electron chi connectivity index (χ1n) is 8.42. The molecule has 0 aliphatic heterocycles. The van der Waals surface area contributed by atoms with Gasteiger partial charge in [-0.15, -0.1) is 0 Å². The Morgan fingerprint density at radius 2 is 2.04 bits per heavy atom. The topological polar surface area (TPSA) is 62.2 Å². The lowest BCUT2D eigenvalue weighted by Gasteiger charge is -2.06. The number of nitrogens with zero attached hydrogens (tertiary/aromatic N) is 2. The summed E-state index contributed by atoms with van der Waals surface area (Å²) in [6, 6.07) is 12.1. The highest BCUT2D eigenvalue weighted by molar-refractivity contribution is 5.94. The summed E-state index contributed by atoms with van der Waals surface area (Å²) in [6.45, 7) is 4.46. The summed E-state index contributed by atoms with van der Waals surface area (Å²) in [6.07, 6.45) is 4.68. The van der Waals surface area contributed by atoms with Crippen molar-refractivity contribution in [3.63, 3.8) is 0 Å². The molecule has 3 heterocycles. The van der Waals surface area contributed by atoms with Crippen LogP contribution < -0.4 is 5.32 Å². The van der Waals surface area contributed by atoms with E-state index in [0.717, 1.165) is 28.8 Å². The number of pyridine rings is 1. The van der Waals surface area contributed by atoms with Gasteiger partial charge < -0.3 is 10.3 Å². The lowest BCUT2D eigenvalue weighted by molar-refractivity contribution is 0.0947. The van der Waals surface area contributed by atoms with Crippen LogP contribution in [0, 0.1) is 13.8 Å². The van der Waals surface area contributed by atoms with Gasteiger partial charge in [0.15, 0.2) is 0 Å². The van der Waals surface area contributed by atoms with E-state index in [1.165, 1.54) is 10.9 Å². The molecule has 0 saturated carbocycles. The van der Waals surface area contributed by atoms with Gasteiger partial charge in [0.05, 0.1) is 5.69 Å². The molecule has 5 nitrogen and oxygen atoms in total. The van der Waals surface area contributed by atoms with E-state index in [0.29, 0.717) is 12.2 Å². The highest BCUT2D eigenvalue weighted by atomic mass is 16.1. The summed E-state index contributed by atoms with van der Waals surface area (Å²) in [4.78, 5) is 20.5. The molecule has 4 rings (SSSR count). The molecule has 2 N–H and O–H groups in total. The lowest BCUT2D eigenvalue weighted by atomic mass is 10.1. The standard InChI is InChI=1S/C20H20N4O/c1-13-6-5-11-24-18(14(2)23-19(13)24)20(25)21-10-9-15-12-22-17-8-4-3-7-16(15)17/h3-8,11-12,22H,9-10H2,1-2H3,(H,21,25). The van der Waals surface area contributed by atoms with Gasteiger partial charge in [-0.2, -0.15) is 0 Å². The monoisotopic (exact) mass is 332 g/mol. The second-order valence-corrected chi connectivity index (χ2v) is 6.30. The van der Waals surface area contributed by atoms with Crippen molar-refractivity contribution in [1.29, 1.82) is 0 Å². The van der Waals surface area contributed by atoms with Crippen molar-refractivity contribution < 1.29 is 4.79 Å². The number of aromatic amines is 1. The average molecular weight is 332 g/mol. The Hall–Kier alpha value is -3.08. The number of H-pyrrole nitrogens is 1. The minimum Gasteiger partial charge on any atom is -0.361 e. The number of hydrogen-bond acceptors (Lipinski definition) is 2. The van der Waals surface area contributed by atoms with Crippen LogP contribution in [0.5, 0.6) is 0 Å². The number of aromatic nitrogens is 3. The summed E-state index contributed by atoms with van der Waals surface area (Å²) in [5, 5.41) is 4.23. The fraction of sp³-hybridized carbons (Fsp3) is 0.200. The summed E-state index contributed by atoms with van der Waals surface area (Å²) in [7, 11) is 0. The van der Waals surface area contributed by atoms with Crippen LogP contribution in [0.25, 0.3) is 16.6 Å². The van der Waals surface area contributed by atoms with Gasteiger partial charge in [0.25, 0.3) is 5.91 Å². The van der Waals surface area contributed by atoms with Crippen molar-refractivity contribution >= 4 is 22.5 Å². The summed E-state index contributed by atoms with van der Waals surface area (Å²) < 4.78 is 1.87. The Morgan fingerprint density at radius 1 is 1.20 bits per heavy atom. The van der Waals surface area contributed by atoms with Gasteiger partial charge in [-0.3, -0.25) is 9.20 Å². The van der Waals surface area contributed by atoms with E-state index in [-0.39, 0.29) is 5.91 Å². The van der Waals surface area contributed by atoms with E-state index in [1.54, 1.807) is 0 Å². The largest absolute Gasteiger partial charge is 0.361 e. The third-order valence-corrected chi connectivity index (χ3v) is 4.59. The first kappa shape index (κ1) is 15.4. The lowest BCUT2D eigenvalue weighted by Crippen LogP contribution is -2.27. The number of fused-ring (bicyclic) bond motifs is 2. The molecular formula is C20H20N4O. The summed E-state index contributed by atoms with van der Waals surface area (Å²) in [5.41, 5.74) is 5.58. The average Bonchev–Trinajstić information content (AvgIpc) is 3.16. The van der Waals surface area contributed by atoms with E-state index in [4.69, 9.17) is 0 Å². The molecule has 5 heteroatoms. The van der Waals surface area contributed by atoms with Crippen molar-refractivity contribution in [3.05, 3.63) is 71.3 Å². The van der Waals surface area contributed by atoms with Gasteiger partial charge in [0, 0.05) is 29.8 Å². The fourth-order valence-corrected chi connectivity index (χ4v) is 3.32. The molecule has 4 aromatic rings. The Bertz CT molecular complexity index is 1070. The Morgan fingerprint density at radius 3 is 2.92 bits per heavy atom. The predicted molar refractivity (Wildman–Crippen MR) is 99.0 cm³/mol. The predicted octanol–water partition coefficient (Wildman–Crippen LogP) is 3.40. The molecule has 0 atom stereocenters. The number of carbonyl (C=O) groups excluding carboxylic acids is 1. The molecule has 0 saturated heterocycles. The quantitative estimate of drug-likeness (QED) is 0.601. The van der Waals surface area contributed by atoms with E-state index in [2.05, 4.69) is 27.4 Å². The van der Waals surface area contributed by atoms with Crippen molar-refractivity contribution in [2.75, 3.05) is 6.54 Å². The van der Waals surface area contributed by atoms with Crippen LogP contribution in [0.15, 0.2) is 48.8 Å². The second kappa shape index (κ2) is 6.09. The van der Waals surface area contributed by atoms with Gasteiger partial charge in [-0.1, -0.05) is 24.3 Å². The molecule has 0 bridgehead atoms.